The van der Waals surface area contributed by atoms with E-state index in [4.69, 9.17) is 16.7 Å². The van der Waals surface area contributed by atoms with Crippen LogP contribution in [0.3, 0.4) is 0 Å². The molecule has 0 spiro atoms. The monoisotopic (exact) mass is 429 g/mol. The zero-order valence-electron chi connectivity index (χ0n) is 12.5. The standard InChI is InChI=1S/C14H10BrClFN5O3/c1-5(19-14(24)25)11-20-10-7(2-6(17)3-9(10)16)13(23)22(11)12-8(15)4-18-21-12/h2-5,19H,1H3,(H,18,21)(H,24,25). The van der Waals surface area contributed by atoms with E-state index in [1.807, 2.05) is 0 Å². The molecule has 1 unspecified atom stereocenters. The Morgan fingerprint density at radius 3 is 2.84 bits per heavy atom. The zero-order chi connectivity index (χ0) is 18.3. The van der Waals surface area contributed by atoms with Crippen LogP contribution in [0.5, 0.6) is 0 Å². The highest BCUT2D eigenvalue weighted by molar-refractivity contribution is 9.10. The predicted octanol–water partition coefficient (Wildman–Crippen LogP) is 2.99. The Kier molecular flexibility index (Phi) is 4.48. The number of fused-ring (bicyclic) bond motifs is 1. The number of aromatic amines is 1. The fraction of sp³-hybridized carbons (Fsp3) is 0.143. The molecule has 0 aliphatic rings. The van der Waals surface area contributed by atoms with Crippen LogP contribution in [0.2, 0.25) is 5.02 Å². The first-order chi connectivity index (χ1) is 11.8. The van der Waals surface area contributed by atoms with Crippen LogP contribution in [0.15, 0.2) is 27.6 Å². The van der Waals surface area contributed by atoms with Gasteiger partial charge in [0.2, 0.25) is 0 Å². The summed E-state index contributed by atoms with van der Waals surface area (Å²) in [6.45, 7) is 1.51. The van der Waals surface area contributed by atoms with Crippen molar-refractivity contribution < 1.29 is 14.3 Å². The Hall–Kier alpha value is -2.46. The minimum absolute atomic E-state index is 0.0437. The molecular formula is C14H10BrClFN5O3. The van der Waals surface area contributed by atoms with Crippen molar-refractivity contribution in [1.82, 2.24) is 25.1 Å². The summed E-state index contributed by atoms with van der Waals surface area (Å²) in [6, 6.07) is 1.20. The number of nitrogens with zero attached hydrogens (tertiary/aromatic N) is 3. The van der Waals surface area contributed by atoms with E-state index in [1.165, 1.54) is 13.1 Å². The summed E-state index contributed by atoms with van der Waals surface area (Å²) in [7, 11) is 0. The van der Waals surface area contributed by atoms with Gasteiger partial charge >= 0.3 is 6.09 Å². The van der Waals surface area contributed by atoms with Gasteiger partial charge in [0.05, 0.1) is 32.6 Å². The van der Waals surface area contributed by atoms with Crippen molar-refractivity contribution >= 4 is 44.5 Å². The van der Waals surface area contributed by atoms with Gasteiger partial charge < -0.3 is 10.4 Å². The highest BCUT2D eigenvalue weighted by atomic mass is 79.9. The molecule has 0 radical (unpaired) electrons. The van der Waals surface area contributed by atoms with Gasteiger partial charge in [-0.2, -0.15) is 5.10 Å². The van der Waals surface area contributed by atoms with E-state index < -0.39 is 23.5 Å². The van der Waals surface area contributed by atoms with E-state index in [0.29, 0.717) is 4.47 Å². The Morgan fingerprint density at radius 1 is 1.52 bits per heavy atom. The summed E-state index contributed by atoms with van der Waals surface area (Å²) >= 11 is 9.25. The summed E-state index contributed by atoms with van der Waals surface area (Å²) in [5.41, 5.74) is -0.542. The van der Waals surface area contributed by atoms with Crippen molar-refractivity contribution in [2.24, 2.45) is 0 Å². The first-order valence-electron chi connectivity index (χ1n) is 6.90. The van der Waals surface area contributed by atoms with Crippen LogP contribution < -0.4 is 10.9 Å². The molecule has 0 saturated heterocycles. The molecule has 3 rings (SSSR count). The van der Waals surface area contributed by atoms with E-state index in [2.05, 4.69) is 36.4 Å². The van der Waals surface area contributed by atoms with Crippen LogP contribution in [0.1, 0.15) is 18.8 Å². The lowest BCUT2D eigenvalue weighted by atomic mass is 10.2. The van der Waals surface area contributed by atoms with Gasteiger partial charge in [0, 0.05) is 0 Å². The van der Waals surface area contributed by atoms with Crippen molar-refractivity contribution in [2.45, 2.75) is 13.0 Å². The third-order valence-electron chi connectivity index (χ3n) is 3.44. The van der Waals surface area contributed by atoms with E-state index in [1.54, 1.807) is 0 Å². The summed E-state index contributed by atoms with van der Waals surface area (Å²) < 4.78 is 15.2. The van der Waals surface area contributed by atoms with Crippen LogP contribution in [-0.2, 0) is 0 Å². The number of halogens is 3. The third kappa shape index (κ3) is 3.10. The van der Waals surface area contributed by atoms with E-state index in [9.17, 15) is 14.0 Å². The minimum atomic E-state index is -1.29. The fourth-order valence-corrected chi connectivity index (χ4v) is 3.03. The third-order valence-corrected chi connectivity index (χ3v) is 4.31. The molecule has 0 aliphatic carbocycles. The maximum atomic E-state index is 13.7. The molecule has 3 N–H and O–H groups in total. The number of carboxylic acid groups (broad SMARTS) is 1. The van der Waals surface area contributed by atoms with Crippen molar-refractivity contribution in [3.8, 4) is 5.82 Å². The lowest BCUT2D eigenvalue weighted by molar-refractivity contribution is 0.190. The molecule has 130 valence electrons. The van der Waals surface area contributed by atoms with Gasteiger partial charge in [0.25, 0.3) is 5.56 Å². The Balaban J connectivity index is 2.41. The van der Waals surface area contributed by atoms with E-state index in [-0.39, 0.29) is 27.6 Å². The van der Waals surface area contributed by atoms with Crippen molar-refractivity contribution in [1.29, 1.82) is 0 Å². The van der Waals surface area contributed by atoms with Crippen LogP contribution in [0.4, 0.5) is 9.18 Å². The molecule has 1 atom stereocenters. The number of carbonyl (C=O) groups is 1. The second-order valence-electron chi connectivity index (χ2n) is 5.13. The predicted molar refractivity (Wildman–Crippen MR) is 91.7 cm³/mol. The van der Waals surface area contributed by atoms with Crippen molar-refractivity contribution in [3.05, 3.63) is 49.8 Å². The summed E-state index contributed by atoms with van der Waals surface area (Å²) in [5.74, 6) is -0.386. The van der Waals surface area contributed by atoms with Gasteiger partial charge in [-0.1, -0.05) is 11.6 Å². The first-order valence-corrected chi connectivity index (χ1v) is 8.07. The second-order valence-corrected chi connectivity index (χ2v) is 6.39. The first kappa shape index (κ1) is 17.4. The van der Waals surface area contributed by atoms with Gasteiger partial charge in [-0.15, -0.1) is 0 Å². The summed E-state index contributed by atoms with van der Waals surface area (Å²) in [5, 5.41) is 17.6. The highest BCUT2D eigenvalue weighted by Crippen LogP contribution is 2.26. The lowest BCUT2D eigenvalue weighted by Crippen LogP contribution is -2.32. The molecule has 0 fully saturated rings. The number of amides is 1. The lowest BCUT2D eigenvalue weighted by Gasteiger charge is -2.18. The Bertz CT molecular complexity index is 1050. The molecule has 0 bridgehead atoms. The van der Waals surface area contributed by atoms with Crippen LogP contribution >= 0.6 is 27.5 Å². The maximum Gasteiger partial charge on any atom is 0.405 e. The summed E-state index contributed by atoms with van der Waals surface area (Å²) in [6.07, 6.45) is 0.131. The van der Waals surface area contributed by atoms with Crippen LogP contribution in [0, 0.1) is 5.82 Å². The SMILES string of the molecule is CC(NC(=O)O)c1nc2c(Cl)cc(F)cc2c(=O)n1-c1[nH]ncc1Br. The molecule has 25 heavy (non-hydrogen) atoms. The number of H-pyrrole nitrogens is 1. The van der Waals surface area contributed by atoms with Gasteiger partial charge in [0.1, 0.15) is 11.6 Å². The minimum Gasteiger partial charge on any atom is -0.465 e. The molecule has 3 aromatic rings. The van der Waals surface area contributed by atoms with Crippen molar-refractivity contribution in [3.63, 3.8) is 0 Å². The fourth-order valence-electron chi connectivity index (χ4n) is 2.41. The van der Waals surface area contributed by atoms with Gasteiger partial charge in [-0.05, 0) is 35.0 Å². The number of hydrogen-bond acceptors (Lipinski definition) is 4. The van der Waals surface area contributed by atoms with Crippen LogP contribution in [0.25, 0.3) is 16.7 Å². The number of aromatic nitrogens is 4. The normalized spacial score (nSPS) is 12.3. The second kappa shape index (κ2) is 6.45. The van der Waals surface area contributed by atoms with Gasteiger partial charge in [0.15, 0.2) is 5.82 Å². The molecule has 0 aliphatic heterocycles. The average Bonchev–Trinajstić information content (AvgIpc) is 2.93. The van der Waals surface area contributed by atoms with Gasteiger partial charge in [-0.25, -0.2) is 18.7 Å². The molecule has 11 heteroatoms. The number of rotatable bonds is 3. The molecule has 8 nitrogen and oxygen atoms in total. The zero-order valence-corrected chi connectivity index (χ0v) is 14.9. The number of nitrogens with one attached hydrogen (secondary N) is 2. The van der Waals surface area contributed by atoms with Crippen molar-refractivity contribution in [2.75, 3.05) is 0 Å². The quantitative estimate of drug-likeness (QED) is 0.591. The Labute approximate surface area is 152 Å². The highest BCUT2D eigenvalue weighted by Gasteiger charge is 2.22. The van der Waals surface area contributed by atoms with Gasteiger partial charge in [-0.3, -0.25) is 9.89 Å². The number of hydrogen-bond donors (Lipinski definition) is 3. The smallest absolute Gasteiger partial charge is 0.405 e. The maximum absolute atomic E-state index is 13.7. The number of benzene rings is 1. The van der Waals surface area contributed by atoms with Crippen LogP contribution in [-0.4, -0.2) is 30.9 Å². The summed E-state index contributed by atoms with van der Waals surface area (Å²) in [4.78, 5) is 28.2. The molecular weight excluding hydrogens is 421 g/mol. The topological polar surface area (TPSA) is 113 Å². The average molecular weight is 431 g/mol. The molecule has 1 amide bonds. The molecule has 2 heterocycles. The molecule has 0 saturated carbocycles. The molecule has 1 aromatic carbocycles. The Morgan fingerprint density at radius 2 is 2.24 bits per heavy atom. The largest absolute Gasteiger partial charge is 0.465 e. The molecule has 2 aromatic heterocycles. The van der Waals surface area contributed by atoms with E-state index in [0.717, 1.165) is 16.7 Å². The van der Waals surface area contributed by atoms with E-state index >= 15 is 0 Å².